The highest BCUT2D eigenvalue weighted by Gasteiger charge is 2.28. The van der Waals surface area contributed by atoms with Crippen LogP contribution in [0.1, 0.15) is 19.3 Å². The van der Waals surface area contributed by atoms with Crippen molar-refractivity contribution in [1.29, 1.82) is 0 Å². The largest absolute Gasteiger partial charge is 0.497 e. The molecule has 1 N–H and O–H groups in total. The van der Waals surface area contributed by atoms with Gasteiger partial charge < -0.3 is 24.8 Å². The summed E-state index contributed by atoms with van der Waals surface area (Å²) in [6.07, 6.45) is 2.39. The molecular weight excluding hydrogens is 384 g/mol. The van der Waals surface area contributed by atoms with E-state index in [4.69, 9.17) is 4.74 Å². The van der Waals surface area contributed by atoms with Gasteiger partial charge in [0.1, 0.15) is 17.1 Å². The average Bonchev–Trinajstić information content (AvgIpc) is 3.32. The molecule has 2 aliphatic rings. The number of amides is 1. The Morgan fingerprint density at radius 1 is 0.933 bits per heavy atom. The highest BCUT2D eigenvalue weighted by Crippen LogP contribution is 2.24. The second-order valence-corrected chi connectivity index (χ2v) is 7.82. The van der Waals surface area contributed by atoms with Crippen LogP contribution in [-0.2, 0) is 4.79 Å². The molecular formula is C22H28N4O4. The number of methoxy groups -OCH3 is 1. The molecule has 8 nitrogen and oxygen atoms in total. The first-order valence-corrected chi connectivity index (χ1v) is 10.6. The molecule has 2 fully saturated rings. The smallest absolute Gasteiger partial charge is 0.253 e. The fourth-order valence-corrected chi connectivity index (χ4v) is 4.25. The molecule has 8 heteroatoms. The van der Waals surface area contributed by atoms with E-state index in [-0.39, 0.29) is 5.91 Å². The summed E-state index contributed by atoms with van der Waals surface area (Å²) in [5.41, 5.74) is 1.16. The summed E-state index contributed by atoms with van der Waals surface area (Å²) in [6, 6.07) is 7.94. The third kappa shape index (κ3) is 3.99. The second-order valence-electron chi connectivity index (χ2n) is 7.82. The van der Waals surface area contributed by atoms with Crippen LogP contribution in [0.2, 0.25) is 0 Å². The van der Waals surface area contributed by atoms with Gasteiger partial charge in [-0.05, 0) is 37.1 Å². The number of ether oxygens (including phenoxy) is 1. The highest BCUT2D eigenvalue weighted by molar-refractivity contribution is 5.79. The SMILES string of the molecule is COc1ccc(N2CCN(C(=O)CCNc3c(N4CCCC4)c(=O)c3=O)CC2)cc1. The summed E-state index contributed by atoms with van der Waals surface area (Å²) in [4.78, 5) is 42.5. The highest BCUT2D eigenvalue weighted by atomic mass is 16.5. The van der Waals surface area contributed by atoms with Crippen molar-refractivity contribution in [2.75, 3.05) is 68.0 Å². The quantitative estimate of drug-likeness (QED) is 0.681. The first-order chi connectivity index (χ1) is 14.6. The summed E-state index contributed by atoms with van der Waals surface area (Å²) in [7, 11) is 1.65. The summed E-state index contributed by atoms with van der Waals surface area (Å²) in [5.74, 6) is 0.896. The van der Waals surface area contributed by atoms with Crippen molar-refractivity contribution < 1.29 is 9.53 Å². The van der Waals surface area contributed by atoms with Crippen molar-refractivity contribution in [2.24, 2.45) is 0 Å². The van der Waals surface area contributed by atoms with Gasteiger partial charge >= 0.3 is 0 Å². The van der Waals surface area contributed by atoms with E-state index < -0.39 is 10.9 Å². The zero-order valence-corrected chi connectivity index (χ0v) is 17.4. The van der Waals surface area contributed by atoms with Gasteiger partial charge in [0.25, 0.3) is 10.9 Å². The maximum Gasteiger partial charge on any atom is 0.253 e. The van der Waals surface area contributed by atoms with Crippen molar-refractivity contribution in [3.05, 3.63) is 44.7 Å². The van der Waals surface area contributed by atoms with E-state index in [0.29, 0.717) is 37.4 Å². The van der Waals surface area contributed by atoms with Crippen LogP contribution in [0.5, 0.6) is 5.75 Å². The first-order valence-electron chi connectivity index (χ1n) is 10.6. The van der Waals surface area contributed by atoms with Crippen molar-refractivity contribution in [2.45, 2.75) is 19.3 Å². The van der Waals surface area contributed by atoms with E-state index in [2.05, 4.69) is 10.2 Å². The number of carbonyl (C=O) groups excluding carboxylic acids is 1. The Balaban J connectivity index is 1.24. The number of benzene rings is 1. The number of nitrogens with one attached hydrogen (secondary N) is 1. The van der Waals surface area contributed by atoms with E-state index in [9.17, 15) is 14.4 Å². The minimum atomic E-state index is -0.461. The number of hydrogen-bond acceptors (Lipinski definition) is 7. The van der Waals surface area contributed by atoms with Crippen LogP contribution in [-0.4, -0.2) is 63.7 Å². The van der Waals surface area contributed by atoms with Crippen molar-refractivity contribution in [1.82, 2.24) is 4.90 Å². The van der Waals surface area contributed by atoms with Crippen molar-refractivity contribution >= 4 is 23.0 Å². The lowest BCUT2D eigenvalue weighted by molar-refractivity contribution is -0.131. The molecule has 0 atom stereocenters. The van der Waals surface area contributed by atoms with Crippen LogP contribution >= 0.6 is 0 Å². The molecule has 2 aliphatic heterocycles. The summed E-state index contributed by atoms with van der Waals surface area (Å²) in [6.45, 7) is 4.90. The minimum Gasteiger partial charge on any atom is -0.497 e. The predicted molar refractivity (Wildman–Crippen MR) is 118 cm³/mol. The molecule has 1 amide bonds. The van der Waals surface area contributed by atoms with Crippen LogP contribution in [0.4, 0.5) is 17.1 Å². The van der Waals surface area contributed by atoms with Gasteiger partial charge in [0.15, 0.2) is 0 Å². The standard InChI is InChI=1S/C22H28N4O4/c1-30-17-6-4-16(5-7-17)24-12-14-25(15-13-24)18(27)8-9-23-19-20(22(29)21(19)28)26-10-2-3-11-26/h4-7,23H,2-3,8-15H2,1H3. The van der Waals surface area contributed by atoms with Gasteiger partial charge in [-0.25, -0.2) is 0 Å². The maximum atomic E-state index is 12.6. The molecule has 0 bridgehead atoms. The molecule has 0 saturated carbocycles. The van der Waals surface area contributed by atoms with Crippen molar-refractivity contribution in [3.63, 3.8) is 0 Å². The number of carbonyl (C=O) groups is 1. The van der Waals surface area contributed by atoms with Gasteiger partial charge in [0, 0.05) is 57.9 Å². The third-order valence-corrected chi connectivity index (χ3v) is 6.02. The maximum absolute atomic E-state index is 12.6. The van der Waals surface area contributed by atoms with Crippen LogP contribution in [0.3, 0.4) is 0 Å². The molecule has 160 valence electrons. The number of piperazine rings is 1. The van der Waals surface area contributed by atoms with Gasteiger partial charge in [0.05, 0.1) is 7.11 Å². The molecule has 2 aromatic rings. The van der Waals surface area contributed by atoms with Gasteiger partial charge in [0.2, 0.25) is 5.91 Å². The van der Waals surface area contributed by atoms with Crippen LogP contribution in [0, 0.1) is 0 Å². The second kappa shape index (κ2) is 8.77. The molecule has 2 heterocycles. The Bertz CT molecular complexity index is 951. The Labute approximate surface area is 175 Å². The molecule has 0 unspecified atom stereocenters. The molecule has 0 aromatic heterocycles. The Kier molecular flexibility index (Phi) is 5.92. The molecule has 0 spiro atoms. The topological polar surface area (TPSA) is 82.2 Å². The van der Waals surface area contributed by atoms with Gasteiger partial charge in [-0.15, -0.1) is 0 Å². The molecule has 4 rings (SSSR count). The summed E-state index contributed by atoms with van der Waals surface area (Å²) in [5, 5.41) is 3.04. The van der Waals surface area contributed by atoms with Crippen LogP contribution in [0.25, 0.3) is 0 Å². The number of hydrogen-bond donors (Lipinski definition) is 1. The van der Waals surface area contributed by atoms with E-state index in [1.807, 2.05) is 34.1 Å². The van der Waals surface area contributed by atoms with Gasteiger partial charge in [-0.2, -0.15) is 0 Å². The Hall–Kier alpha value is -3.03. The fraction of sp³-hybridized carbons (Fsp3) is 0.500. The Morgan fingerprint density at radius 3 is 2.23 bits per heavy atom. The Morgan fingerprint density at radius 2 is 1.60 bits per heavy atom. The molecule has 2 saturated heterocycles. The van der Waals surface area contributed by atoms with Gasteiger partial charge in [-0.1, -0.05) is 0 Å². The van der Waals surface area contributed by atoms with E-state index in [1.165, 1.54) is 0 Å². The number of rotatable bonds is 7. The third-order valence-electron chi connectivity index (χ3n) is 6.02. The van der Waals surface area contributed by atoms with E-state index in [0.717, 1.165) is 50.5 Å². The molecule has 2 aromatic carbocycles. The van der Waals surface area contributed by atoms with Crippen molar-refractivity contribution in [3.8, 4) is 5.75 Å². The lowest BCUT2D eigenvalue weighted by Gasteiger charge is -2.36. The molecule has 0 aliphatic carbocycles. The normalized spacial score (nSPS) is 16.9. The predicted octanol–water partition coefficient (Wildman–Crippen LogP) is 1.04. The average molecular weight is 412 g/mol. The first kappa shape index (κ1) is 20.3. The van der Waals surface area contributed by atoms with Gasteiger partial charge in [-0.3, -0.25) is 14.4 Å². The molecule has 30 heavy (non-hydrogen) atoms. The minimum absolute atomic E-state index is 0.0679. The summed E-state index contributed by atoms with van der Waals surface area (Å²) >= 11 is 0. The number of anilines is 3. The lowest BCUT2D eigenvalue weighted by atomic mass is 10.1. The fourth-order valence-electron chi connectivity index (χ4n) is 4.25. The van der Waals surface area contributed by atoms with E-state index >= 15 is 0 Å². The monoisotopic (exact) mass is 412 g/mol. The zero-order chi connectivity index (χ0) is 21.1. The lowest BCUT2D eigenvalue weighted by Crippen LogP contribution is -2.49. The number of nitrogens with zero attached hydrogens (tertiary/aromatic N) is 3. The van der Waals surface area contributed by atoms with Crippen LogP contribution < -0.4 is 30.7 Å². The molecule has 0 radical (unpaired) electrons. The van der Waals surface area contributed by atoms with Crippen LogP contribution in [0.15, 0.2) is 33.9 Å². The van der Waals surface area contributed by atoms with E-state index in [1.54, 1.807) is 7.11 Å². The summed E-state index contributed by atoms with van der Waals surface area (Å²) < 4.78 is 5.20. The zero-order valence-electron chi connectivity index (χ0n) is 17.4.